The van der Waals surface area contributed by atoms with Crippen molar-refractivity contribution >= 4 is 23.3 Å². The summed E-state index contributed by atoms with van der Waals surface area (Å²) in [6.45, 7) is 3.49. The monoisotopic (exact) mass is 463 g/mol. The van der Waals surface area contributed by atoms with Crippen molar-refractivity contribution in [3.63, 3.8) is 0 Å². The fourth-order valence-electron chi connectivity index (χ4n) is 4.10. The van der Waals surface area contributed by atoms with Crippen LogP contribution in [0.1, 0.15) is 36.6 Å². The van der Waals surface area contributed by atoms with E-state index in [9.17, 15) is 20.1 Å². The van der Waals surface area contributed by atoms with Crippen LogP contribution < -0.4 is 10.1 Å². The summed E-state index contributed by atoms with van der Waals surface area (Å²) in [6.07, 6.45) is -5.14. The molecule has 1 fully saturated rings. The van der Waals surface area contributed by atoms with E-state index in [1.807, 2.05) is 18.2 Å². The van der Waals surface area contributed by atoms with E-state index in [1.165, 1.54) is 0 Å². The number of fused-ring (bicyclic) bond motifs is 1. The molecule has 0 aliphatic carbocycles. The molecule has 5 atom stereocenters. The zero-order valence-electron chi connectivity index (χ0n) is 17.7. The molecule has 2 aliphatic heterocycles. The second-order valence-electron chi connectivity index (χ2n) is 8.75. The Morgan fingerprint density at radius 1 is 1.16 bits per heavy atom. The molecule has 1 unspecified atom stereocenters. The Morgan fingerprint density at radius 3 is 2.62 bits per heavy atom. The third-order valence-electron chi connectivity index (χ3n) is 5.99. The van der Waals surface area contributed by atoms with Crippen molar-refractivity contribution < 1.29 is 34.7 Å². The second-order valence-corrected chi connectivity index (χ2v) is 9.16. The van der Waals surface area contributed by atoms with Crippen LogP contribution in [0.3, 0.4) is 0 Å². The Morgan fingerprint density at radius 2 is 1.91 bits per heavy atom. The first-order valence-corrected chi connectivity index (χ1v) is 10.7. The molecular weight excluding hydrogens is 438 g/mol. The normalized spacial score (nSPS) is 28.9. The Labute approximate surface area is 190 Å². The first-order valence-electron chi connectivity index (χ1n) is 10.3. The average Bonchev–Trinajstić information content (AvgIpc) is 2.76. The predicted octanol–water partition coefficient (Wildman–Crippen LogP) is 2.12. The molecule has 0 saturated carbocycles. The molecule has 2 aromatic rings. The first-order chi connectivity index (χ1) is 15.1. The summed E-state index contributed by atoms with van der Waals surface area (Å²) in [5, 5.41) is 43.7. The molecule has 9 heteroatoms. The molecule has 8 nitrogen and oxygen atoms in total. The summed E-state index contributed by atoms with van der Waals surface area (Å²) < 4.78 is 11.4. The first kappa shape index (κ1) is 22.8. The van der Waals surface area contributed by atoms with Crippen LogP contribution in [-0.2, 0) is 16.0 Å². The van der Waals surface area contributed by atoms with Crippen molar-refractivity contribution in [2.75, 3.05) is 11.9 Å². The Kier molecular flexibility index (Phi) is 6.08. The number of carbonyl (C=O) groups is 1. The highest BCUT2D eigenvalue weighted by molar-refractivity contribution is 6.31. The Bertz CT molecular complexity index is 1030. The molecule has 2 aromatic carbocycles. The fourth-order valence-corrected chi connectivity index (χ4v) is 4.28. The van der Waals surface area contributed by atoms with Crippen LogP contribution in [0.5, 0.6) is 5.75 Å². The highest BCUT2D eigenvalue weighted by atomic mass is 35.5. The smallest absolute Gasteiger partial charge is 0.346 e. The standard InChI is InChI=1S/C23H26ClNO7/c1-23(2)21(28)19(27)18(26)20(32-23)12-4-5-14(24)13(9-12)7-11-3-6-16-15(8-11)25-10-17(31-16)22(29)30/h3-6,8-9,17-21,25-28H,7,10H2,1-2H3,(H,29,30)/t17?,18-,19-,20+,21+/m1/s1. The van der Waals surface area contributed by atoms with Gasteiger partial charge in [-0.05, 0) is 55.2 Å². The minimum Gasteiger partial charge on any atom is -0.478 e. The summed E-state index contributed by atoms with van der Waals surface area (Å²) >= 11 is 6.43. The number of carboxylic acids is 1. The van der Waals surface area contributed by atoms with Crippen LogP contribution in [0.25, 0.3) is 0 Å². The Hall–Kier alpha value is -2.36. The van der Waals surface area contributed by atoms with Crippen molar-refractivity contribution in [2.45, 2.75) is 56.4 Å². The van der Waals surface area contributed by atoms with Crippen LogP contribution in [-0.4, -0.2) is 63.0 Å². The van der Waals surface area contributed by atoms with Gasteiger partial charge < -0.3 is 35.2 Å². The molecule has 0 spiro atoms. The van der Waals surface area contributed by atoms with Crippen LogP contribution in [0.2, 0.25) is 5.02 Å². The summed E-state index contributed by atoms with van der Waals surface area (Å²) in [7, 11) is 0. The van der Waals surface area contributed by atoms with Crippen molar-refractivity contribution in [3.05, 3.63) is 58.1 Å². The molecule has 0 radical (unpaired) electrons. The van der Waals surface area contributed by atoms with E-state index in [1.54, 1.807) is 32.0 Å². The molecule has 2 heterocycles. The lowest BCUT2D eigenvalue weighted by Gasteiger charge is -2.45. The molecule has 2 aliphatic rings. The number of aliphatic hydroxyl groups excluding tert-OH is 3. The number of aliphatic carboxylic acids is 1. The van der Waals surface area contributed by atoms with E-state index in [-0.39, 0.29) is 6.54 Å². The van der Waals surface area contributed by atoms with Gasteiger partial charge in [0.25, 0.3) is 0 Å². The fraction of sp³-hybridized carbons (Fsp3) is 0.435. The predicted molar refractivity (Wildman–Crippen MR) is 117 cm³/mol. The van der Waals surface area contributed by atoms with E-state index >= 15 is 0 Å². The van der Waals surface area contributed by atoms with Gasteiger partial charge in [-0.3, -0.25) is 0 Å². The highest BCUT2D eigenvalue weighted by Gasteiger charge is 2.48. The highest BCUT2D eigenvalue weighted by Crippen LogP contribution is 2.39. The van der Waals surface area contributed by atoms with Gasteiger partial charge in [0.1, 0.15) is 30.2 Å². The largest absolute Gasteiger partial charge is 0.478 e. The SMILES string of the molecule is CC1(C)O[C@@H](c2ccc(Cl)c(Cc3ccc4c(c3)NCC(C(=O)O)O4)c2)[C@H](O)[C@@H](O)[C@@H]1O. The molecule has 1 saturated heterocycles. The van der Waals surface area contributed by atoms with Crippen molar-refractivity contribution in [1.82, 2.24) is 0 Å². The number of aliphatic hydroxyl groups is 3. The maximum Gasteiger partial charge on any atom is 0.346 e. The van der Waals surface area contributed by atoms with Gasteiger partial charge in [0.15, 0.2) is 0 Å². The van der Waals surface area contributed by atoms with Crippen LogP contribution in [0.15, 0.2) is 36.4 Å². The maximum atomic E-state index is 11.1. The van der Waals surface area contributed by atoms with Crippen LogP contribution in [0, 0.1) is 0 Å². The number of rotatable bonds is 4. The molecule has 32 heavy (non-hydrogen) atoms. The van der Waals surface area contributed by atoms with Crippen molar-refractivity contribution in [1.29, 1.82) is 0 Å². The number of anilines is 1. The van der Waals surface area contributed by atoms with E-state index in [4.69, 9.17) is 26.2 Å². The lowest BCUT2D eigenvalue weighted by molar-refractivity contribution is -0.259. The lowest BCUT2D eigenvalue weighted by atomic mass is 9.85. The maximum absolute atomic E-state index is 11.1. The van der Waals surface area contributed by atoms with Gasteiger partial charge in [0.05, 0.1) is 17.8 Å². The molecule has 0 aromatic heterocycles. The average molecular weight is 464 g/mol. The third-order valence-corrected chi connectivity index (χ3v) is 6.35. The van der Waals surface area contributed by atoms with Gasteiger partial charge in [-0.15, -0.1) is 0 Å². The molecule has 5 N–H and O–H groups in total. The van der Waals surface area contributed by atoms with Gasteiger partial charge in [-0.2, -0.15) is 0 Å². The lowest BCUT2D eigenvalue weighted by Crippen LogP contribution is -2.58. The number of ether oxygens (including phenoxy) is 2. The van der Waals surface area contributed by atoms with Crippen molar-refractivity contribution in [3.8, 4) is 5.75 Å². The summed E-state index contributed by atoms with van der Waals surface area (Å²) in [5.41, 5.74) is 2.02. The Balaban J connectivity index is 1.57. The third kappa shape index (κ3) is 4.29. The van der Waals surface area contributed by atoms with Crippen molar-refractivity contribution in [2.24, 2.45) is 0 Å². The minimum atomic E-state index is -1.34. The van der Waals surface area contributed by atoms with E-state index in [0.717, 1.165) is 11.1 Å². The van der Waals surface area contributed by atoms with Gasteiger partial charge in [0, 0.05) is 5.02 Å². The van der Waals surface area contributed by atoms with Crippen LogP contribution in [0.4, 0.5) is 5.69 Å². The van der Waals surface area contributed by atoms with Crippen LogP contribution >= 0.6 is 11.6 Å². The molecule has 172 valence electrons. The minimum absolute atomic E-state index is 0.170. The zero-order chi connectivity index (χ0) is 23.2. The zero-order valence-corrected chi connectivity index (χ0v) is 18.4. The van der Waals surface area contributed by atoms with Gasteiger partial charge >= 0.3 is 5.97 Å². The summed E-state index contributed by atoms with van der Waals surface area (Å²) in [4.78, 5) is 11.1. The summed E-state index contributed by atoms with van der Waals surface area (Å²) in [6, 6.07) is 10.7. The number of carboxylic acid groups (broad SMARTS) is 1. The quantitative estimate of drug-likeness (QED) is 0.466. The number of hydrogen-bond acceptors (Lipinski definition) is 7. The van der Waals surface area contributed by atoms with E-state index in [0.29, 0.717) is 28.4 Å². The van der Waals surface area contributed by atoms with E-state index < -0.39 is 42.1 Å². The number of nitrogens with one attached hydrogen (secondary N) is 1. The van der Waals surface area contributed by atoms with Gasteiger partial charge in [-0.1, -0.05) is 29.8 Å². The number of halogens is 1. The molecular formula is C23H26ClNO7. The molecule has 4 rings (SSSR count). The molecule has 0 bridgehead atoms. The summed E-state index contributed by atoms with van der Waals surface area (Å²) in [5.74, 6) is -0.551. The van der Waals surface area contributed by atoms with E-state index in [2.05, 4.69) is 5.32 Å². The topological polar surface area (TPSA) is 128 Å². The number of hydrogen-bond donors (Lipinski definition) is 5. The molecule has 0 amide bonds. The number of benzene rings is 2. The second kappa shape index (κ2) is 8.53. The van der Waals surface area contributed by atoms with Gasteiger partial charge in [-0.25, -0.2) is 4.79 Å². The van der Waals surface area contributed by atoms with Gasteiger partial charge in [0.2, 0.25) is 6.10 Å².